The molecule has 1 unspecified atom stereocenters. The third kappa shape index (κ3) is 4.63. The van der Waals surface area contributed by atoms with Crippen LogP contribution in [-0.2, 0) is 11.0 Å². The van der Waals surface area contributed by atoms with Crippen LogP contribution in [0.2, 0.25) is 0 Å². The van der Waals surface area contributed by atoms with E-state index in [1.807, 2.05) is 37.3 Å². The lowest BCUT2D eigenvalue weighted by molar-refractivity contribution is 0.386. The van der Waals surface area contributed by atoms with Crippen LogP contribution in [0.3, 0.4) is 0 Å². The third-order valence-electron chi connectivity index (χ3n) is 9.88. The van der Waals surface area contributed by atoms with E-state index >= 15 is 0 Å². The van der Waals surface area contributed by atoms with Crippen LogP contribution in [0.15, 0.2) is 187 Å². The summed E-state index contributed by atoms with van der Waals surface area (Å²) >= 11 is 0. The quantitative estimate of drug-likeness (QED) is 0.188. The van der Waals surface area contributed by atoms with Gasteiger partial charge >= 0.3 is 0 Å². The second-order valence-corrected chi connectivity index (χ2v) is 12.6. The molecule has 2 aliphatic rings. The van der Waals surface area contributed by atoms with E-state index in [0.717, 1.165) is 50.8 Å². The Morgan fingerprint density at radius 2 is 1.21 bits per heavy atom. The number of rotatable bonds is 5. The Morgan fingerprint density at radius 1 is 0.604 bits per heavy atom. The van der Waals surface area contributed by atoms with Crippen molar-refractivity contribution in [3.05, 3.63) is 226 Å². The van der Waals surface area contributed by atoms with Crippen LogP contribution in [0.25, 0.3) is 16.7 Å². The van der Waals surface area contributed by atoms with E-state index < -0.39 is 11.0 Å². The summed E-state index contributed by atoms with van der Waals surface area (Å²) in [7, 11) is 0. The van der Waals surface area contributed by atoms with Crippen molar-refractivity contribution in [1.29, 1.82) is 0 Å². The molecule has 1 heterocycles. The van der Waals surface area contributed by atoms with Crippen LogP contribution in [0.1, 0.15) is 45.9 Å². The molecule has 0 spiro atoms. The van der Waals surface area contributed by atoms with E-state index in [4.69, 9.17) is 10.5 Å². The van der Waals surface area contributed by atoms with Crippen molar-refractivity contribution in [3.8, 4) is 16.9 Å². The van der Waals surface area contributed by atoms with Crippen molar-refractivity contribution < 1.29 is 9.84 Å². The predicted octanol–water partition coefficient (Wildman–Crippen LogP) is 10.1. The van der Waals surface area contributed by atoms with E-state index in [-0.39, 0.29) is 0 Å². The molecule has 8 rings (SSSR count). The van der Waals surface area contributed by atoms with Crippen LogP contribution < -0.4 is 10.5 Å². The molecule has 48 heavy (non-hydrogen) atoms. The molecule has 1 aliphatic carbocycles. The highest BCUT2D eigenvalue weighted by Crippen LogP contribution is 2.58. The maximum atomic E-state index is 10.4. The number of allylic oxidation sites excluding steroid dienone is 3. The minimum atomic E-state index is -0.826. The van der Waals surface area contributed by atoms with Crippen LogP contribution in [0.4, 0.5) is 0 Å². The molecule has 6 aromatic carbocycles. The van der Waals surface area contributed by atoms with Gasteiger partial charge in [0.2, 0.25) is 0 Å². The number of hydrogen-bond donors (Lipinski definition) is 2. The highest BCUT2D eigenvalue weighted by molar-refractivity contribution is 5.96. The number of fused-ring (bicyclic) bond motifs is 4. The van der Waals surface area contributed by atoms with E-state index in [2.05, 4.69) is 140 Å². The van der Waals surface area contributed by atoms with Crippen LogP contribution in [0, 0.1) is 0 Å². The highest BCUT2D eigenvalue weighted by Gasteiger charge is 2.47. The Hall–Kier alpha value is -5.90. The molecule has 0 amide bonds. The van der Waals surface area contributed by atoms with Crippen molar-refractivity contribution in [3.63, 3.8) is 0 Å². The Kier molecular flexibility index (Phi) is 7.20. The lowest BCUT2D eigenvalue weighted by Crippen LogP contribution is -2.34. The van der Waals surface area contributed by atoms with Gasteiger partial charge in [0, 0.05) is 5.56 Å². The van der Waals surface area contributed by atoms with Crippen molar-refractivity contribution in [2.45, 2.75) is 17.9 Å². The van der Waals surface area contributed by atoms with Crippen molar-refractivity contribution in [2.24, 2.45) is 5.73 Å². The van der Waals surface area contributed by atoms with Gasteiger partial charge in [-0.05, 0) is 80.8 Å². The average molecular weight is 622 g/mol. The average Bonchev–Trinajstić information content (AvgIpc) is 3.43. The Bertz CT molecular complexity index is 2190. The van der Waals surface area contributed by atoms with Gasteiger partial charge in [-0.3, -0.25) is 0 Å². The minimum absolute atomic E-state index is 0.343. The zero-order chi connectivity index (χ0) is 32.7. The maximum absolute atomic E-state index is 10.4. The van der Waals surface area contributed by atoms with E-state index in [1.54, 1.807) is 0 Å². The van der Waals surface area contributed by atoms with Gasteiger partial charge in [0.15, 0.2) is 5.76 Å². The largest absolute Gasteiger partial charge is 0.512 e. The minimum Gasteiger partial charge on any atom is -0.512 e. The summed E-state index contributed by atoms with van der Waals surface area (Å²) in [5.74, 6) is 0.975. The predicted molar refractivity (Wildman–Crippen MR) is 195 cm³/mol. The second kappa shape index (κ2) is 11.7. The molecule has 3 heteroatoms. The van der Waals surface area contributed by atoms with E-state index in [0.29, 0.717) is 11.5 Å². The summed E-state index contributed by atoms with van der Waals surface area (Å²) in [5.41, 5.74) is 17.8. The lowest BCUT2D eigenvalue weighted by atomic mass is 9.66. The molecule has 0 saturated carbocycles. The first kappa shape index (κ1) is 29.5. The van der Waals surface area contributed by atoms with Crippen molar-refractivity contribution in [1.82, 2.24) is 0 Å². The third-order valence-corrected chi connectivity index (χ3v) is 9.88. The maximum Gasteiger partial charge on any atom is 0.161 e. The van der Waals surface area contributed by atoms with Gasteiger partial charge in [0.05, 0.1) is 11.0 Å². The van der Waals surface area contributed by atoms with Gasteiger partial charge in [-0.2, -0.15) is 0 Å². The SMILES string of the molecule is CC(N)(c1cccc(-c2ccccc2)c1)c1ccc2c(c1)OC(=C\O)/C=C\C1=C2c2ccccc2C1(c1ccccc1)c1ccccc1. The Balaban J connectivity index is 1.36. The van der Waals surface area contributed by atoms with E-state index in [1.165, 1.54) is 16.7 Å². The number of aliphatic hydroxyl groups is 1. The molecular weight excluding hydrogens is 587 g/mol. The summed E-state index contributed by atoms with van der Waals surface area (Å²) in [4.78, 5) is 0. The molecule has 232 valence electrons. The molecule has 0 saturated heterocycles. The monoisotopic (exact) mass is 621 g/mol. The molecule has 3 N–H and O–H groups in total. The van der Waals surface area contributed by atoms with Crippen LogP contribution in [-0.4, -0.2) is 5.11 Å². The fourth-order valence-corrected chi connectivity index (χ4v) is 7.52. The second-order valence-electron chi connectivity index (χ2n) is 12.6. The Morgan fingerprint density at radius 3 is 1.90 bits per heavy atom. The standard InChI is InChI=1S/C45H35NO2/c1-44(46,35-21-13-16-32(28-35)31-14-5-2-6-15-31)36-24-26-39-42(29-36)48-37(30-47)25-27-41-43(39)38-22-11-12-23-40(38)45(41,33-17-7-3-8-18-33)34-19-9-4-10-20-34/h2-30,47H,46H2,1H3/b27-25-,37-30-. The molecule has 0 bridgehead atoms. The molecule has 6 aromatic rings. The summed E-state index contributed by atoms with van der Waals surface area (Å²) < 4.78 is 6.49. The zero-order valence-corrected chi connectivity index (χ0v) is 26.7. The first-order valence-electron chi connectivity index (χ1n) is 16.3. The molecule has 0 aromatic heterocycles. The summed E-state index contributed by atoms with van der Waals surface area (Å²) in [6, 6.07) is 55.0. The molecule has 0 radical (unpaired) electrons. The van der Waals surface area contributed by atoms with Gasteiger partial charge in [0.25, 0.3) is 0 Å². The molecule has 1 aliphatic heterocycles. The number of aliphatic hydroxyl groups excluding tert-OH is 1. The topological polar surface area (TPSA) is 55.5 Å². The first-order chi connectivity index (χ1) is 23.5. The number of benzene rings is 6. The fourth-order valence-electron chi connectivity index (χ4n) is 7.52. The first-order valence-corrected chi connectivity index (χ1v) is 16.3. The molecule has 0 fully saturated rings. The molecule has 1 atom stereocenters. The zero-order valence-electron chi connectivity index (χ0n) is 26.7. The number of hydrogen-bond acceptors (Lipinski definition) is 3. The lowest BCUT2D eigenvalue weighted by Gasteiger charge is -2.35. The van der Waals surface area contributed by atoms with Crippen molar-refractivity contribution >= 4 is 5.57 Å². The number of ether oxygens (including phenoxy) is 1. The van der Waals surface area contributed by atoms with Gasteiger partial charge in [-0.25, -0.2) is 0 Å². The van der Waals surface area contributed by atoms with E-state index in [9.17, 15) is 5.11 Å². The van der Waals surface area contributed by atoms with Gasteiger partial charge in [-0.1, -0.05) is 152 Å². The highest BCUT2D eigenvalue weighted by atomic mass is 16.5. The van der Waals surface area contributed by atoms with Crippen LogP contribution >= 0.6 is 0 Å². The molecular formula is C45H35NO2. The summed E-state index contributed by atoms with van der Waals surface area (Å²) in [6.07, 6.45) is 5.00. The Labute approximate surface area is 281 Å². The normalized spacial score (nSPS) is 17.2. The molecule has 3 nitrogen and oxygen atoms in total. The van der Waals surface area contributed by atoms with Gasteiger partial charge in [-0.15, -0.1) is 0 Å². The fraction of sp³-hybridized carbons (Fsp3) is 0.0667. The smallest absolute Gasteiger partial charge is 0.161 e. The number of nitrogens with two attached hydrogens (primary N) is 1. The van der Waals surface area contributed by atoms with Gasteiger partial charge < -0.3 is 15.6 Å². The van der Waals surface area contributed by atoms with Crippen molar-refractivity contribution in [2.75, 3.05) is 0 Å². The van der Waals surface area contributed by atoms with Gasteiger partial charge in [0.1, 0.15) is 12.0 Å². The summed E-state index contributed by atoms with van der Waals surface area (Å²) in [5, 5.41) is 10.4. The summed E-state index contributed by atoms with van der Waals surface area (Å²) in [6.45, 7) is 2.04. The van der Waals surface area contributed by atoms with Crippen LogP contribution in [0.5, 0.6) is 5.75 Å².